The number of nitrogens with zero attached hydrogens (tertiary/aromatic N) is 2. The van der Waals surface area contributed by atoms with Gasteiger partial charge >= 0.3 is 6.18 Å². The summed E-state index contributed by atoms with van der Waals surface area (Å²) in [5, 5.41) is 7.90. The Labute approximate surface area is 139 Å². The van der Waals surface area contributed by atoms with Crippen LogP contribution in [0.25, 0.3) is 0 Å². The second-order valence-electron chi connectivity index (χ2n) is 4.46. The largest absolute Gasteiger partial charge is 0.451 e. The molecule has 2 N–H and O–H groups in total. The summed E-state index contributed by atoms with van der Waals surface area (Å²) in [5.74, 6) is -1.37. The molecule has 0 fully saturated rings. The van der Waals surface area contributed by atoms with E-state index in [1.54, 1.807) is 29.0 Å². The first kappa shape index (κ1) is 17.6. The molecule has 0 aliphatic carbocycles. The highest BCUT2D eigenvalue weighted by Crippen LogP contribution is 2.26. The van der Waals surface area contributed by atoms with E-state index in [0.717, 1.165) is 4.90 Å². The van der Waals surface area contributed by atoms with Crippen molar-refractivity contribution in [3.63, 3.8) is 0 Å². The number of hydrogen-bond donors (Lipinski definition) is 2. The maximum absolute atomic E-state index is 12.3. The Hall–Kier alpha value is -1.74. The first-order valence-corrected chi connectivity index (χ1v) is 7.89. The molecule has 0 radical (unpaired) electrons. The molecule has 124 valence electrons. The smallest absolute Gasteiger partial charge is 0.293 e. The van der Waals surface area contributed by atoms with Crippen LogP contribution in [-0.4, -0.2) is 26.8 Å². The number of amides is 1. The number of halogens is 4. The summed E-state index contributed by atoms with van der Waals surface area (Å²) in [5.41, 5.74) is 0. The lowest BCUT2D eigenvalue weighted by Gasteiger charge is -2.02. The normalized spacial score (nSPS) is 11.5. The summed E-state index contributed by atoms with van der Waals surface area (Å²) in [6.07, 6.45) is -3.89. The lowest BCUT2D eigenvalue weighted by molar-refractivity contribution is -0.144. The van der Waals surface area contributed by atoms with Crippen molar-refractivity contribution < 1.29 is 18.0 Å². The van der Waals surface area contributed by atoms with Gasteiger partial charge in [0.2, 0.25) is 17.7 Å². The molecule has 1 amide bonds. The number of hydrogen-bond acceptors (Lipinski definition) is 4. The Morgan fingerprint density at radius 1 is 1.30 bits per heavy atom. The first-order chi connectivity index (χ1) is 10.8. The Morgan fingerprint density at radius 2 is 2.00 bits per heavy atom. The molecule has 2 aromatic rings. The van der Waals surface area contributed by atoms with Crippen molar-refractivity contribution in [2.75, 3.05) is 11.1 Å². The minimum absolute atomic E-state index is 0.163. The summed E-state index contributed by atoms with van der Waals surface area (Å²) < 4.78 is 36.9. The number of anilines is 1. The van der Waals surface area contributed by atoms with Crippen LogP contribution in [-0.2, 0) is 11.0 Å². The third-order valence-electron chi connectivity index (χ3n) is 2.64. The van der Waals surface area contributed by atoms with Crippen LogP contribution in [0.15, 0.2) is 29.2 Å². The van der Waals surface area contributed by atoms with Gasteiger partial charge < -0.3 is 0 Å². The molecule has 0 bridgehead atoms. The average Bonchev–Trinajstić information content (AvgIpc) is 2.94. The second kappa shape index (κ2) is 7.69. The van der Waals surface area contributed by atoms with E-state index in [1.165, 1.54) is 0 Å². The van der Waals surface area contributed by atoms with Crippen LogP contribution in [0.4, 0.5) is 19.1 Å². The molecule has 1 aromatic heterocycles. The van der Waals surface area contributed by atoms with Crippen molar-refractivity contribution >= 4 is 35.2 Å². The van der Waals surface area contributed by atoms with Gasteiger partial charge in [0.1, 0.15) is 0 Å². The molecule has 0 atom stereocenters. The Kier molecular flexibility index (Phi) is 5.89. The third kappa shape index (κ3) is 5.76. The molecular formula is C13H12ClF3N4OS. The zero-order valence-corrected chi connectivity index (χ0v) is 13.2. The second-order valence-corrected chi connectivity index (χ2v) is 6.06. The lowest BCUT2D eigenvalue weighted by Crippen LogP contribution is -2.13. The summed E-state index contributed by atoms with van der Waals surface area (Å²) in [4.78, 5) is 15.8. The highest BCUT2D eigenvalue weighted by Gasteiger charge is 2.35. The van der Waals surface area contributed by atoms with E-state index in [-0.39, 0.29) is 12.4 Å². The summed E-state index contributed by atoms with van der Waals surface area (Å²) in [7, 11) is 0. The number of benzene rings is 1. The van der Waals surface area contributed by atoms with Crippen molar-refractivity contribution in [2.24, 2.45) is 0 Å². The fraction of sp³-hybridized carbons (Fsp3) is 0.308. The third-order valence-corrected chi connectivity index (χ3v) is 3.99. The number of aromatic nitrogens is 3. The van der Waals surface area contributed by atoms with E-state index in [4.69, 9.17) is 11.6 Å². The van der Waals surface area contributed by atoms with Crippen LogP contribution in [0, 0.1) is 0 Å². The SMILES string of the molecule is O=C(CCCSc1ccc(Cl)cc1)Nc1n[nH]c(C(F)(F)F)n1. The summed E-state index contributed by atoms with van der Waals surface area (Å²) in [6, 6.07) is 7.30. The first-order valence-electron chi connectivity index (χ1n) is 6.52. The number of carbonyl (C=O) groups excluding carboxylic acids is 1. The molecule has 1 aromatic carbocycles. The van der Waals surface area contributed by atoms with Crippen molar-refractivity contribution in [2.45, 2.75) is 23.9 Å². The number of nitrogens with one attached hydrogen (secondary N) is 2. The topological polar surface area (TPSA) is 70.7 Å². The Morgan fingerprint density at radius 3 is 2.61 bits per heavy atom. The van der Waals surface area contributed by atoms with Gasteiger partial charge in [0.05, 0.1) is 0 Å². The molecule has 0 unspecified atom stereocenters. The van der Waals surface area contributed by atoms with E-state index < -0.39 is 17.9 Å². The van der Waals surface area contributed by atoms with E-state index in [1.807, 2.05) is 12.1 Å². The van der Waals surface area contributed by atoms with Crippen molar-refractivity contribution in [3.05, 3.63) is 35.1 Å². The highest BCUT2D eigenvalue weighted by molar-refractivity contribution is 7.99. The van der Waals surface area contributed by atoms with Crippen LogP contribution in [0.5, 0.6) is 0 Å². The van der Waals surface area contributed by atoms with Gasteiger partial charge in [-0.05, 0) is 36.4 Å². The minimum Gasteiger partial charge on any atom is -0.293 e. The summed E-state index contributed by atoms with van der Waals surface area (Å²) >= 11 is 7.33. The van der Waals surface area contributed by atoms with Gasteiger partial charge in [0, 0.05) is 16.3 Å². The predicted octanol–water partition coefficient (Wildman–Crippen LogP) is 3.99. The Balaban J connectivity index is 1.71. The maximum Gasteiger partial charge on any atom is 0.451 e. The van der Waals surface area contributed by atoms with Crippen molar-refractivity contribution in [1.29, 1.82) is 0 Å². The van der Waals surface area contributed by atoms with E-state index >= 15 is 0 Å². The van der Waals surface area contributed by atoms with Crippen LogP contribution in [0.1, 0.15) is 18.7 Å². The van der Waals surface area contributed by atoms with Gasteiger partial charge in [-0.1, -0.05) is 11.6 Å². The van der Waals surface area contributed by atoms with Crippen LogP contribution >= 0.6 is 23.4 Å². The van der Waals surface area contributed by atoms with Gasteiger partial charge in [-0.15, -0.1) is 16.9 Å². The summed E-state index contributed by atoms with van der Waals surface area (Å²) in [6.45, 7) is 0. The average molecular weight is 365 g/mol. The maximum atomic E-state index is 12.3. The van der Waals surface area contributed by atoms with Gasteiger partial charge in [-0.3, -0.25) is 15.2 Å². The molecule has 0 saturated heterocycles. The van der Waals surface area contributed by atoms with Crippen LogP contribution in [0.3, 0.4) is 0 Å². The van der Waals surface area contributed by atoms with Crippen molar-refractivity contribution in [3.8, 4) is 0 Å². The molecular weight excluding hydrogens is 353 g/mol. The number of carbonyl (C=O) groups is 1. The molecule has 0 saturated carbocycles. The predicted molar refractivity (Wildman–Crippen MR) is 81.4 cm³/mol. The molecule has 2 rings (SSSR count). The quantitative estimate of drug-likeness (QED) is 0.600. The fourth-order valence-corrected chi connectivity index (χ4v) is 2.56. The zero-order valence-electron chi connectivity index (χ0n) is 11.7. The molecule has 1 heterocycles. The number of aromatic amines is 1. The molecule has 5 nitrogen and oxygen atoms in total. The molecule has 0 spiro atoms. The van der Waals surface area contributed by atoms with E-state index in [0.29, 0.717) is 17.2 Å². The lowest BCUT2D eigenvalue weighted by atomic mass is 10.3. The standard InChI is InChI=1S/C13H12ClF3N4OS/c14-8-3-5-9(6-4-8)23-7-1-2-10(22)18-12-19-11(20-21-12)13(15,16)17/h3-6H,1-2,7H2,(H2,18,19,20,21,22). The molecule has 23 heavy (non-hydrogen) atoms. The van der Waals surface area contributed by atoms with Crippen molar-refractivity contribution in [1.82, 2.24) is 15.2 Å². The highest BCUT2D eigenvalue weighted by atomic mass is 35.5. The van der Waals surface area contributed by atoms with Crippen LogP contribution in [0.2, 0.25) is 5.02 Å². The zero-order chi connectivity index (χ0) is 16.9. The van der Waals surface area contributed by atoms with Crippen LogP contribution < -0.4 is 5.32 Å². The number of H-pyrrole nitrogens is 1. The molecule has 10 heteroatoms. The van der Waals surface area contributed by atoms with Gasteiger partial charge in [0.25, 0.3) is 0 Å². The van der Waals surface area contributed by atoms with Gasteiger partial charge in [-0.25, -0.2) is 0 Å². The van der Waals surface area contributed by atoms with E-state index in [9.17, 15) is 18.0 Å². The van der Waals surface area contributed by atoms with Gasteiger partial charge in [-0.2, -0.15) is 18.2 Å². The Bertz CT molecular complexity index is 660. The monoisotopic (exact) mass is 364 g/mol. The molecule has 0 aliphatic heterocycles. The van der Waals surface area contributed by atoms with Gasteiger partial charge in [0.15, 0.2) is 0 Å². The number of rotatable bonds is 6. The minimum atomic E-state index is -4.62. The van der Waals surface area contributed by atoms with E-state index in [2.05, 4.69) is 15.4 Å². The fourth-order valence-electron chi connectivity index (χ4n) is 1.59. The molecule has 0 aliphatic rings. The number of thioether (sulfide) groups is 1. The number of alkyl halides is 3.